The Bertz CT molecular complexity index is 198. The van der Waals surface area contributed by atoms with Crippen molar-refractivity contribution in [2.45, 2.75) is 50.5 Å². The Balaban J connectivity index is 1.52. The van der Waals surface area contributed by atoms with E-state index in [0.717, 1.165) is 30.2 Å². The molecule has 0 radical (unpaired) electrons. The first-order valence-corrected chi connectivity index (χ1v) is 8.15. The van der Waals surface area contributed by atoms with Crippen molar-refractivity contribution in [1.29, 1.82) is 0 Å². The summed E-state index contributed by atoms with van der Waals surface area (Å²) in [6.45, 7) is 2.53. The zero-order chi connectivity index (χ0) is 11.3. The van der Waals surface area contributed by atoms with Crippen molar-refractivity contribution in [3.63, 3.8) is 0 Å². The van der Waals surface area contributed by atoms with Crippen molar-refractivity contribution in [1.82, 2.24) is 0 Å². The Morgan fingerprint density at radius 1 is 1.06 bits per heavy atom. The van der Waals surface area contributed by atoms with Gasteiger partial charge in [-0.1, -0.05) is 41.9 Å². The van der Waals surface area contributed by atoms with Crippen molar-refractivity contribution in [3.8, 4) is 0 Å². The van der Waals surface area contributed by atoms with Gasteiger partial charge in [-0.3, -0.25) is 0 Å². The molecule has 0 aromatic heterocycles. The lowest BCUT2D eigenvalue weighted by molar-refractivity contribution is -0.0543. The molecule has 16 heavy (non-hydrogen) atoms. The monoisotopic (exact) mass is 338 g/mol. The van der Waals surface area contributed by atoms with Gasteiger partial charge in [0.15, 0.2) is 0 Å². The molecule has 0 amide bonds. The van der Waals surface area contributed by atoms with Crippen LogP contribution in [0, 0.1) is 5.92 Å². The van der Waals surface area contributed by atoms with E-state index in [1.54, 1.807) is 0 Å². The molecule has 0 spiro atoms. The molecule has 0 saturated heterocycles. The summed E-state index contributed by atoms with van der Waals surface area (Å²) in [7, 11) is 0. The Labute approximate surface area is 113 Å². The number of alkyl halides is 1. The maximum absolute atomic E-state index is 6.04. The quantitative estimate of drug-likeness (QED) is 0.401. The fourth-order valence-corrected chi connectivity index (χ4v) is 3.55. The third kappa shape index (κ3) is 3.57. The normalized spacial score (nSPS) is 24.6. The van der Waals surface area contributed by atoms with Crippen LogP contribution in [0.3, 0.4) is 0 Å². The standard InChI is InChI=1S/C13H23IO2/c14-11-13(6-1-2-7-13)16-9-8-15-10-12-4-3-5-12/h12H,1-11H2. The van der Waals surface area contributed by atoms with Crippen molar-refractivity contribution >= 4 is 22.6 Å². The summed E-state index contributed by atoms with van der Waals surface area (Å²) in [6.07, 6.45) is 9.33. The van der Waals surface area contributed by atoms with Crippen molar-refractivity contribution in [2.24, 2.45) is 5.92 Å². The molecular weight excluding hydrogens is 315 g/mol. The number of halogens is 1. The van der Waals surface area contributed by atoms with Gasteiger partial charge in [0.2, 0.25) is 0 Å². The maximum Gasteiger partial charge on any atom is 0.0772 e. The van der Waals surface area contributed by atoms with Gasteiger partial charge >= 0.3 is 0 Å². The lowest BCUT2D eigenvalue weighted by Gasteiger charge is -2.28. The van der Waals surface area contributed by atoms with Crippen LogP contribution in [0.5, 0.6) is 0 Å². The van der Waals surface area contributed by atoms with E-state index in [0.29, 0.717) is 0 Å². The van der Waals surface area contributed by atoms with Crippen molar-refractivity contribution < 1.29 is 9.47 Å². The highest BCUT2D eigenvalue weighted by Crippen LogP contribution is 2.34. The first kappa shape index (κ1) is 13.1. The lowest BCUT2D eigenvalue weighted by Crippen LogP contribution is -2.32. The average Bonchev–Trinajstić information content (AvgIpc) is 2.70. The number of hydrogen-bond acceptors (Lipinski definition) is 2. The Kier molecular flexibility index (Phi) is 5.36. The SMILES string of the molecule is ICC1(OCCOCC2CCC2)CCCC1. The van der Waals surface area contributed by atoms with Crippen molar-refractivity contribution in [3.05, 3.63) is 0 Å². The van der Waals surface area contributed by atoms with Gasteiger partial charge in [-0.2, -0.15) is 0 Å². The summed E-state index contributed by atoms with van der Waals surface area (Å²) in [4.78, 5) is 0. The minimum Gasteiger partial charge on any atom is -0.379 e. The molecule has 0 aromatic rings. The van der Waals surface area contributed by atoms with E-state index in [1.165, 1.54) is 44.9 Å². The van der Waals surface area contributed by atoms with Gasteiger partial charge in [0, 0.05) is 11.0 Å². The van der Waals surface area contributed by atoms with Gasteiger partial charge in [0.25, 0.3) is 0 Å². The van der Waals surface area contributed by atoms with Crippen LogP contribution in [0.25, 0.3) is 0 Å². The number of ether oxygens (including phenoxy) is 2. The van der Waals surface area contributed by atoms with Crippen LogP contribution in [-0.2, 0) is 9.47 Å². The number of hydrogen-bond donors (Lipinski definition) is 0. The summed E-state index contributed by atoms with van der Waals surface area (Å²) < 4.78 is 12.8. The van der Waals surface area contributed by atoms with Crippen molar-refractivity contribution in [2.75, 3.05) is 24.2 Å². The summed E-state index contributed by atoms with van der Waals surface area (Å²) >= 11 is 2.46. The second-order valence-electron chi connectivity index (χ2n) is 5.24. The molecule has 0 bridgehead atoms. The predicted octanol–water partition coefficient (Wildman–Crippen LogP) is 3.57. The Morgan fingerprint density at radius 2 is 1.81 bits per heavy atom. The molecule has 2 nitrogen and oxygen atoms in total. The maximum atomic E-state index is 6.04. The smallest absolute Gasteiger partial charge is 0.0772 e. The van der Waals surface area contributed by atoms with Crippen LogP contribution in [-0.4, -0.2) is 29.8 Å². The molecule has 2 fully saturated rings. The Hall–Kier alpha value is 0.650. The second kappa shape index (κ2) is 6.55. The van der Waals surface area contributed by atoms with Gasteiger partial charge in [-0.15, -0.1) is 0 Å². The van der Waals surface area contributed by atoms with E-state index >= 15 is 0 Å². The van der Waals surface area contributed by atoms with Crippen LogP contribution in [0.4, 0.5) is 0 Å². The van der Waals surface area contributed by atoms with E-state index in [-0.39, 0.29) is 5.60 Å². The topological polar surface area (TPSA) is 18.5 Å². The molecular formula is C13H23IO2. The summed E-state index contributed by atoms with van der Waals surface area (Å²) in [5.74, 6) is 0.852. The molecule has 0 aromatic carbocycles. The predicted molar refractivity (Wildman–Crippen MR) is 74.2 cm³/mol. The Morgan fingerprint density at radius 3 is 2.38 bits per heavy atom. The van der Waals surface area contributed by atoms with Crippen LogP contribution in [0.15, 0.2) is 0 Å². The van der Waals surface area contributed by atoms with Gasteiger partial charge in [0.05, 0.1) is 18.8 Å². The summed E-state index contributed by atoms with van der Waals surface area (Å²) in [5.41, 5.74) is 0.195. The molecule has 0 N–H and O–H groups in total. The molecule has 2 rings (SSSR count). The third-order valence-corrected chi connectivity index (χ3v) is 5.36. The van der Waals surface area contributed by atoms with Crippen LogP contribution in [0.2, 0.25) is 0 Å². The lowest BCUT2D eigenvalue weighted by atomic mass is 9.86. The molecule has 0 atom stereocenters. The summed E-state index contributed by atoms with van der Waals surface area (Å²) in [6, 6.07) is 0. The van der Waals surface area contributed by atoms with Gasteiger partial charge < -0.3 is 9.47 Å². The second-order valence-corrected chi connectivity index (χ2v) is 6.01. The third-order valence-electron chi connectivity index (χ3n) is 3.97. The highest BCUT2D eigenvalue weighted by molar-refractivity contribution is 14.1. The fourth-order valence-electron chi connectivity index (χ4n) is 2.56. The van der Waals surface area contributed by atoms with E-state index in [4.69, 9.17) is 9.47 Å². The van der Waals surface area contributed by atoms with Gasteiger partial charge in [-0.25, -0.2) is 0 Å². The van der Waals surface area contributed by atoms with E-state index in [9.17, 15) is 0 Å². The van der Waals surface area contributed by atoms with E-state index in [2.05, 4.69) is 22.6 Å². The molecule has 2 aliphatic rings. The average molecular weight is 338 g/mol. The molecule has 94 valence electrons. The van der Waals surface area contributed by atoms with Crippen LogP contribution >= 0.6 is 22.6 Å². The molecule has 3 heteroatoms. The summed E-state index contributed by atoms with van der Waals surface area (Å²) in [5, 5.41) is 0. The zero-order valence-corrected chi connectivity index (χ0v) is 12.2. The molecule has 0 unspecified atom stereocenters. The van der Waals surface area contributed by atoms with E-state index in [1.807, 2.05) is 0 Å². The first-order chi connectivity index (χ1) is 7.85. The fraction of sp³-hybridized carbons (Fsp3) is 1.00. The highest BCUT2D eigenvalue weighted by Gasteiger charge is 2.33. The molecule has 2 saturated carbocycles. The molecule has 0 aliphatic heterocycles. The van der Waals surface area contributed by atoms with Gasteiger partial charge in [0.1, 0.15) is 0 Å². The molecule has 0 heterocycles. The zero-order valence-electron chi connectivity index (χ0n) is 10.0. The minimum absolute atomic E-state index is 0.195. The first-order valence-electron chi connectivity index (χ1n) is 6.62. The largest absolute Gasteiger partial charge is 0.379 e. The van der Waals surface area contributed by atoms with Crippen LogP contribution < -0.4 is 0 Å². The van der Waals surface area contributed by atoms with E-state index < -0.39 is 0 Å². The van der Waals surface area contributed by atoms with Gasteiger partial charge in [-0.05, 0) is 31.6 Å². The van der Waals surface area contributed by atoms with Crippen LogP contribution in [0.1, 0.15) is 44.9 Å². The minimum atomic E-state index is 0.195. The molecule has 2 aliphatic carbocycles. The highest BCUT2D eigenvalue weighted by atomic mass is 127. The number of rotatable bonds is 7.